The SMILES string of the molecule is Cc1ccccc1OCCCC(=O)Nc1ccccc1CN. The Morgan fingerprint density at radius 2 is 1.86 bits per heavy atom. The van der Waals surface area contributed by atoms with Gasteiger partial charge in [0.25, 0.3) is 0 Å². The molecule has 4 heteroatoms. The van der Waals surface area contributed by atoms with Crippen molar-refractivity contribution < 1.29 is 9.53 Å². The largest absolute Gasteiger partial charge is 0.493 e. The zero-order valence-corrected chi connectivity index (χ0v) is 12.8. The van der Waals surface area contributed by atoms with Crippen LogP contribution in [0.15, 0.2) is 48.5 Å². The van der Waals surface area contributed by atoms with Gasteiger partial charge in [0.15, 0.2) is 0 Å². The molecule has 4 nitrogen and oxygen atoms in total. The highest BCUT2D eigenvalue weighted by Gasteiger charge is 2.06. The monoisotopic (exact) mass is 298 g/mol. The molecule has 22 heavy (non-hydrogen) atoms. The summed E-state index contributed by atoms with van der Waals surface area (Å²) in [5.41, 5.74) is 8.48. The topological polar surface area (TPSA) is 64.3 Å². The fraction of sp³-hybridized carbons (Fsp3) is 0.278. The van der Waals surface area contributed by atoms with E-state index >= 15 is 0 Å². The third-order valence-corrected chi connectivity index (χ3v) is 3.41. The molecule has 0 spiro atoms. The van der Waals surface area contributed by atoms with Gasteiger partial charge in [0.05, 0.1) is 6.61 Å². The van der Waals surface area contributed by atoms with E-state index in [4.69, 9.17) is 10.5 Å². The van der Waals surface area contributed by atoms with Crippen LogP contribution in [0.2, 0.25) is 0 Å². The average Bonchev–Trinajstić information content (AvgIpc) is 2.53. The second-order valence-corrected chi connectivity index (χ2v) is 5.13. The van der Waals surface area contributed by atoms with Gasteiger partial charge >= 0.3 is 0 Å². The van der Waals surface area contributed by atoms with Crippen molar-refractivity contribution in [1.82, 2.24) is 0 Å². The first-order valence-corrected chi connectivity index (χ1v) is 7.47. The summed E-state index contributed by atoms with van der Waals surface area (Å²) in [7, 11) is 0. The number of rotatable bonds is 7. The van der Waals surface area contributed by atoms with E-state index in [1.807, 2.05) is 55.5 Å². The van der Waals surface area contributed by atoms with Gasteiger partial charge in [-0.3, -0.25) is 4.79 Å². The van der Waals surface area contributed by atoms with E-state index < -0.39 is 0 Å². The van der Waals surface area contributed by atoms with Crippen molar-refractivity contribution in [2.75, 3.05) is 11.9 Å². The Balaban J connectivity index is 1.75. The molecule has 0 atom stereocenters. The molecule has 0 saturated carbocycles. The predicted octanol–water partition coefficient (Wildman–Crippen LogP) is 3.25. The van der Waals surface area contributed by atoms with Gasteiger partial charge in [-0.1, -0.05) is 36.4 Å². The Bertz CT molecular complexity index is 626. The summed E-state index contributed by atoms with van der Waals surface area (Å²) < 4.78 is 5.68. The van der Waals surface area contributed by atoms with Crippen molar-refractivity contribution in [1.29, 1.82) is 0 Å². The summed E-state index contributed by atoms with van der Waals surface area (Å²) in [5, 5.41) is 2.90. The molecular weight excluding hydrogens is 276 g/mol. The Morgan fingerprint density at radius 3 is 2.64 bits per heavy atom. The molecule has 0 aromatic heterocycles. The number of para-hydroxylation sites is 2. The van der Waals surface area contributed by atoms with Crippen molar-refractivity contribution in [2.45, 2.75) is 26.3 Å². The van der Waals surface area contributed by atoms with E-state index in [9.17, 15) is 4.79 Å². The summed E-state index contributed by atoms with van der Waals surface area (Å²) in [6, 6.07) is 15.4. The Hall–Kier alpha value is -2.33. The highest BCUT2D eigenvalue weighted by molar-refractivity contribution is 5.91. The van der Waals surface area contributed by atoms with Crippen molar-refractivity contribution in [2.24, 2.45) is 5.73 Å². The Labute approximate surface area is 131 Å². The third-order valence-electron chi connectivity index (χ3n) is 3.41. The number of nitrogens with two attached hydrogens (primary N) is 1. The van der Waals surface area contributed by atoms with Crippen molar-refractivity contribution in [3.05, 3.63) is 59.7 Å². The molecule has 2 rings (SSSR count). The Kier molecular flexibility index (Phi) is 5.98. The van der Waals surface area contributed by atoms with E-state index in [0.717, 1.165) is 22.6 Å². The third kappa shape index (κ3) is 4.60. The minimum Gasteiger partial charge on any atom is -0.493 e. The average molecular weight is 298 g/mol. The highest BCUT2D eigenvalue weighted by atomic mass is 16.5. The van der Waals surface area contributed by atoms with Gasteiger partial charge in [-0.05, 0) is 36.6 Å². The summed E-state index contributed by atoms with van der Waals surface area (Å²) in [4.78, 5) is 12.0. The molecule has 0 fully saturated rings. The van der Waals surface area contributed by atoms with Crippen LogP contribution in [-0.4, -0.2) is 12.5 Å². The van der Waals surface area contributed by atoms with E-state index in [1.54, 1.807) is 0 Å². The van der Waals surface area contributed by atoms with Crippen LogP contribution >= 0.6 is 0 Å². The lowest BCUT2D eigenvalue weighted by Crippen LogP contribution is -2.15. The number of amides is 1. The van der Waals surface area contributed by atoms with Gasteiger partial charge < -0.3 is 15.8 Å². The molecular formula is C18H22N2O2. The Morgan fingerprint density at radius 1 is 1.14 bits per heavy atom. The quantitative estimate of drug-likeness (QED) is 0.771. The summed E-state index contributed by atoms with van der Waals surface area (Å²) in [6.45, 7) is 2.94. The molecule has 0 aliphatic heterocycles. The highest BCUT2D eigenvalue weighted by Crippen LogP contribution is 2.17. The second kappa shape index (κ2) is 8.20. The summed E-state index contributed by atoms with van der Waals surface area (Å²) in [6.07, 6.45) is 1.09. The van der Waals surface area contributed by atoms with Gasteiger partial charge in [0.2, 0.25) is 5.91 Å². The molecule has 0 unspecified atom stereocenters. The number of ether oxygens (including phenoxy) is 1. The summed E-state index contributed by atoms with van der Waals surface area (Å²) in [5.74, 6) is 0.852. The first-order chi connectivity index (χ1) is 10.7. The molecule has 0 aliphatic rings. The van der Waals surface area contributed by atoms with E-state index in [0.29, 0.717) is 26.0 Å². The smallest absolute Gasteiger partial charge is 0.224 e. The number of aryl methyl sites for hydroxylation is 1. The van der Waals surface area contributed by atoms with Crippen LogP contribution < -0.4 is 15.8 Å². The molecule has 3 N–H and O–H groups in total. The van der Waals surface area contributed by atoms with E-state index in [1.165, 1.54) is 0 Å². The van der Waals surface area contributed by atoms with Crippen LogP contribution in [0.1, 0.15) is 24.0 Å². The zero-order valence-electron chi connectivity index (χ0n) is 12.8. The lowest BCUT2D eigenvalue weighted by molar-refractivity contribution is -0.116. The normalized spacial score (nSPS) is 10.3. The fourth-order valence-corrected chi connectivity index (χ4v) is 2.17. The lowest BCUT2D eigenvalue weighted by atomic mass is 10.1. The standard InChI is InChI=1S/C18H22N2O2/c1-14-7-2-5-10-17(14)22-12-6-11-18(21)20-16-9-4-3-8-15(16)13-19/h2-5,7-10H,6,11-13,19H2,1H3,(H,20,21). The maximum atomic E-state index is 12.0. The number of benzene rings is 2. The number of hydrogen-bond donors (Lipinski definition) is 2. The number of carbonyl (C=O) groups is 1. The number of hydrogen-bond acceptors (Lipinski definition) is 3. The van der Waals surface area contributed by atoms with Gasteiger partial charge in [0, 0.05) is 18.7 Å². The van der Waals surface area contributed by atoms with Gasteiger partial charge in [-0.2, -0.15) is 0 Å². The van der Waals surface area contributed by atoms with Crippen LogP contribution in [0.3, 0.4) is 0 Å². The molecule has 0 radical (unpaired) electrons. The maximum Gasteiger partial charge on any atom is 0.224 e. The fourth-order valence-electron chi connectivity index (χ4n) is 2.17. The molecule has 0 bridgehead atoms. The molecule has 116 valence electrons. The van der Waals surface area contributed by atoms with Gasteiger partial charge in [-0.25, -0.2) is 0 Å². The van der Waals surface area contributed by atoms with Gasteiger partial charge in [-0.15, -0.1) is 0 Å². The van der Waals surface area contributed by atoms with Gasteiger partial charge in [0.1, 0.15) is 5.75 Å². The first kappa shape index (κ1) is 16.0. The van der Waals surface area contributed by atoms with Crippen LogP contribution in [-0.2, 0) is 11.3 Å². The lowest BCUT2D eigenvalue weighted by Gasteiger charge is -2.10. The van der Waals surface area contributed by atoms with Crippen LogP contribution in [0, 0.1) is 6.92 Å². The van der Waals surface area contributed by atoms with Crippen LogP contribution in [0.25, 0.3) is 0 Å². The molecule has 2 aromatic rings. The van der Waals surface area contributed by atoms with Crippen LogP contribution in [0.4, 0.5) is 5.69 Å². The molecule has 0 heterocycles. The minimum atomic E-state index is -0.0192. The predicted molar refractivity (Wildman–Crippen MR) is 88.9 cm³/mol. The maximum absolute atomic E-state index is 12.0. The van der Waals surface area contributed by atoms with Crippen molar-refractivity contribution in [3.63, 3.8) is 0 Å². The molecule has 2 aromatic carbocycles. The number of anilines is 1. The number of carbonyl (C=O) groups excluding carboxylic acids is 1. The minimum absolute atomic E-state index is 0.0192. The summed E-state index contributed by atoms with van der Waals surface area (Å²) >= 11 is 0. The van der Waals surface area contributed by atoms with Crippen LogP contribution in [0.5, 0.6) is 5.75 Å². The first-order valence-electron chi connectivity index (χ1n) is 7.47. The van der Waals surface area contributed by atoms with E-state index in [-0.39, 0.29) is 5.91 Å². The number of nitrogens with one attached hydrogen (secondary N) is 1. The van der Waals surface area contributed by atoms with Crippen molar-refractivity contribution >= 4 is 11.6 Å². The van der Waals surface area contributed by atoms with E-state index in [2.05, 4.69) is 5.32 Å². The van der Waals surface area contributed by atoms with Crippen molar-refractivity contribution in [3.8, 4) is 5.75 Å². The second-order valence-electron chi connectivity index (χ2n) is 5.13. The molecule has 0 saturated heterocycles. The zero-order chi connectivity index (χ0) is 15.8. The molecule has 1 amide bonds. The molecule has 0 aliphatic carbocycles.